The molecule has 3 aromatic rings. The number of hydrogen-bond acceptors (Lipinski definition) is 5. The van der Waals surface area contributed by atoms with E-state index in [1.807, 2.05) is 43.3 Å². The van der Waals surface area contributed by atoms with Crippen LogP contribution in [0.3, 0.4) is 0 Å². The Kier molecular flexibility index (Phi) is 5.53. The van der Waals surface area contributed by atoms with E-state index in [9.17, 15) is 4.79 Å². The number of carbonyl (C=O) groups is 1. The van der Waals surface area contributed by atoms with Crippen LogP contribution in [0.4, 0.5) is 11.5 Å². The lowest BCUT2D eigenvalue weighted by Gasteiger charge is -2.32. The van der Waals surface area contributed by atoms with Crippen LogP contribution in [-0.4, -0.2) is 36.1 Å². The number of amides is 1. The number of methoxy groups -OCH3 is 1. The van der Waals surface area contributed by atoms with Crippen molar-refractivity contribution in [3.63, 3.8) is 0 Å². The van der Waals surface area contributed by atoms with Crippen LogP contribution in [0.1, 0.15) is 18.4 Å². The van der Waals surface area contributed by atoms with Gasteiger partial charge in [0.2, 0.25) is 5.91 Å². The summed E-state index contributed by atoms with van der Waals surface area (Å²) in [5.74, 6) is 1.26. The van der Waals surface area contributed by atoms with Gasteiger partial charge in [0.15, 0.2) is 5.82 Å². The van der Waals surface area contributed by atoms with Crippen molar-refractivity contribution in [3.8, 4) is 5.88 Å². The number of aryl methyl sites for hydroxylation is 1. The lowest BCUT2D eigenvalue weighted by molar-refractivity contribution is -0.120. The topological polar surface area (TPSA) is 67.4 Å². The third-order valence-corrected chi connectivity index (χ3v) is 5.56. The van der Waals surface area contributed by atoms with Gasteiger partial charge in [-0.15, -0.1) is 0 Å². The van der Waals surface area contributed by atoms with Gasteiger partial charge in [0.05, 0.1) is 18.1 Å². The minimum Gasteiger partial charge on any atom is -0.478 e. The fraction of sp³-hybridized carbons (Fsp3) is 0.318. The number of fused-ring (bicyclic) bond motifs is 1. The van der Waals surface area contributed by atoms with E-state index < -0.39 is 0 Å². The van der Waals surface area contributed by atoms with Crippen LogP contribution in [0.5, 0.6) is 5.88 Å². The first-order chi connectivity index (χ1) is 14.0. The number of ether oxygens (including phenoxy) is 1. The number of para-hydroxylation sites is 2. The second-order valence-electron chi connectivity index (χ2n) is 7.26. The highest BCUT2D eigenvalue weighted by atomic mass is 35.5. The Bertz CT molecular complexity index is 1050. The molecule has 4 rings (SSSR count). The molecule has 0 spiro atoms. The Hall–Kier alpha value is -2.86. The molecule has 1 aliphatic heterocycles. The van der Waals surface area contributed by atoms with E-state index in [2.05, 4.69) is 15.2 Å². The molecular weight excluding hydrogens is 388 g/mol. The second kappa shape index (κ2) is 8.25. The van der Waals surface area contributed by atoms with Crippen molar-refractivity contribution >= 4 is 40.0 Å². The molecule has 1 saturated heterocycles. The molecule has 7 heteroatoms. The molecule has 0 bridgehead atoms. The molecule has 0 aliphatic carbocycles. The standard InChI is InChI=1S/C22H23ClN4O2/c1-14-13-16(23)7-8-17(14)25-21(28)15-9-11-27(12-10-15)20-22(29-2)26-19-6-4-3-5-18(19)24-20/h3-8,13,15H,9-12H2,1-2H3,(H,25,28). The van der Waals surface area contributed by atoms with Crippen molar-refractivity contribution in [1.82, 2.24) is 9.97 Å². The van der Waals surface area contributed by atoms with Gasteiger partial charge in [-0.25, -0.2) is 9.97 Å². The molecule has 150 valence electrons. The second-order valence-corrected chi connectivity index (χ2v) is 7.69. The molecule has 29 heavy (non-hydrogen) atoms. The zero-order valence-electron chi connectivity index (χ0n) is 16.5. The summed E-state index contributed by atoms with van der Waals surface area (Å²) in [5, 5.41) is 3.71. The fourth-order valence-electron chi connectivity index (χ4n) is 3.67. The summed E-state index contributed by atoms with van der Waals surface area (Å²) < 4.78 is 5.48. The van der Waals surface area contributed by atoms with Gasteiger partial charge in [0, 0.05) is 29.7 Å². The summed E-state index contributed by atoms with van der Waals surface area (Å²) >= 11 is 6.00. The van der Waals surface area contributed by atoms with E-state index in [0.717, 1.165) is 54.0 Å². The van der Waals surface area contributed by atoms with Gasteiger partial charge in [0.1, 0.15) is 0 Å². The van der Waals surface area contributed by atoms with Gasteiger partial charge in [-0.05, 0) is 55.7 Å². The normalized spacial score (nSPS) is 14.8. The molecule has 6 nitrogen and oxygen atoms in total. The lowest BCUT2D eigenvalue weighted by atomic mass is 9.95. The van der Waals surface area contributed by atoms with Gasteiger partial charge in [-0.2, -0.15) is 0 Å². The number of halogens is 1. The van der Waals surface area contributed by atoms with Crippen molar-refractivity contribution in [2.45, 2.75) is 19.8 Å². The number of hydrogen-bond donors (Lipinski definition) is 1. The Labute approximate surface area is 174 Å². The molecule has 0 radical (unpaired) electrons. The van der Waals surface area contributed by atoms with Gasteiger partial charge < -0.3 is 15.0 Å². The van der Waals surface area contributed by atoms with Gasteiger partial charge in [-0.1, -0.05) is 23.7 Å². The van der Waals surface area contributed by atoms with Crippen LogP contribution >= 0.6 is 11.6 Å². The van der Waals surface area contributed by atoms with E-state index >= 15 is 0 Å². The Morgan fingerprint density at radius 1 is 1.14 bits per heavy atom. The first-order valence-electron chi connectivity index (χ1n) is 9.68. The number of nitrogens with one attached hydrogen (secondary N) is 1. The molecule has 2 heterocycles. The molecule has 1 aromatic heterocycles. The molecule has 0 atom stereocenters. The number of carbonyl (C=O) groups excluding carboxylic acids is 1. The average molecular weight is 411 g/mol. The third kappa shape index (κ3) is 4.12. The minimum absolute atomic E-state index is 0.0410. The maximum Gasteiger partial charge on any atom is 0.257 e. The highest BCUT2D eigenvalue weighted by Gasteiger charge is 2.28. The van der Waals surface area contributed by atoms with E-state index in [-0.39, 0.29) is 11.8 Å². The smallest absolute Gasteiger partial charge is 0.257 e. The zero-order chi connectivity index (χ0) is 20.4. The summed E-state index contributed by atoms with van der Waals surface area (Å²) in [7, 11) is 1.61. The average Bonchev–Trinajstić information content (AvgIpc) is 2.74. The number of nitrogens with zero attached hydrogens (tertiary/aromatic N) is 3. The first-order valence-corrected chi connectivity index (χ1v) is 10.1. The van der Waals surface area contributed by atoms with Crippen molar-refractivity contribution in [2.24, 2.45) is 5.92 Å². The van der Waals surface area contributed by atoms with Gasteiger partial charge >= 0.3 is 0 Å². The van der Waals surface area contributed by atoms with Crippen molar-refractivity contribution in [1.29, 1.82) is 0 Å². The lowest BCUT2D eigenvalue weighted by Crippen LogP contribution is -2.39. The number of anilines is 2. The summed E-state index contributed by atoms with van der Waals surface area (Å²) in [5.41, 5.74) is 3.41. The molecule has 1 N–H and O–H groups in total. The maximum absolute atomic E-state index is 12.7. The molecule has 0 saturated carbocycles. The predicted octanol–water partition coefficient (Wildman–Crippen LogP) is 4.46. The Balaban J connectivity index is 1.45. The largest absolute Gasteiger partial charge is 0.478 e. The quantitative estimate of drug-likeness (QED) is 0.688. The summed E-state index contributed by atoms with van der Waals surface area (Å²) in [6, 6.07) is 13.2. The SMILES string of the molecule is COc1nc2ccccc2nc1N1CCC(C(=O)Nc2ccc(Cl)cc2C)CC1. The number of aromatic nitrogens is 2. The fourth-order valence-corrected chi connectivity index (χ4v) is 3.90. The van der Waals surface area contributed by atoms with E-state index in [4.69, 9.17) is 21.3 Å². The first kappa shape index (κ1) is 19.5. The molecule has 1 aliphatic rings. The van der Waals surface area contributed by atoms with Gasteiger partial charge in [-0.3, -0.25) is 4.79 Å². The maximum atomic E-state index is 12.7. The molecule has 1 fully saturated rings. The van der Waals surface area contributed by atoms with Crippen molar-refractivity contribution in [2.75, 3.05) is 30.4 Å². The number of rotatable bonds is 4. The summed E-state index contributed by atoms with van der Waals surface area (Å²) in [4.78, 5) is 24.2. The number of benzene rings is 2. The van der Waals surface area contributed by atoms with Crippen molar-refractivity contribution < 1.29 is 9.53 Å². The van der Waals surface area contributed by atoms with Crippen molar-refractivity contribution in [3.05, 3.63) is 53.1 Å². The summed E-state index contributed by atoms with van der Waals surface area (Å²) in [6.45, 7) is 3.39. The van der Waals surface area contributed by atoms with Crippen LogP contribution in [0.25, 0.3) is 11.0 Å². The van der Waals surface area contributed by atoms with E-state index in [1.54, 1.807) is 13.2 Å². The molecular formula is C22H23ClN4O2. The van der Waals surface area contributed by atoms with E-state index in [0.29, 0.717) is 10.9 Å². The monoisotopic (exact) mass is 410 g/mol. The minimum atomic E-state index is -0.0410. The third-order valence-electron chi connectivity index (χ3n) is 5.33. The Morgan fingerprint density at radius 2 is 1.83 bits per heavy atom. The van der Waals surface area contributed by atoms with Gasteiger partial charge in [0.25, 0.3) is 5.88 Å². The highest BCUT2D eigenvalue weighted by molar-refractivity contribution is 6.30. The van der Waals surface area contributed by atoms with Crippen LogP contribution in [0, 0.1) is 12.8 Å². The highest BCUT2D eigenvalue weighted by Crippen LogP contribution is 2.31. The van der Waals surface area contributed by atoms with Crippen LogP contribution in [0.15, 0.2) is 42.5 Å². The Morgan fingerprint density at radius 3 is 2.48 bits per heavy atom. The summed E-state index contributed by atoms with van der Waals surface area (Å²) in [6.07, 6.45) is 1.49. The predicted molar refractivity (Wildman–Crippen MR) is 116 cm³/mol. The zero-order valence-corrected chi connectivity index (χ0v) is 17.2. The van der Waals surface area contributed by atoms with Crippen LogP contribution in [-0.2, 0) is 4.79 Å². The molecule has 1 amide bonds. The van der Waals surface area contributed by atoms with Crippen LogP contribution in [0.2, 0.25) is 5.02 Å². The number of piperidine rings is 1. The van der Waals surface area contributed by atoms with Crippen LogP contribution < -0.4 is 15.0 Å². The van der Waals surface area contributed by atoms with E-state index in [1.165, 1.54) is 0 Å². The molecule has 2 aromatic carbocycles. The molecule has 0 unspecified atom stereocenters.